The zero-order valence-corrected chi connectivity index (χ0v) is 28.2. The summed E-state index contributed by atoms with van der Waals surface area (Å²) in [6.45, 7) is 22.0. The van der Waals surface area contributed by atoms with Crippen LogP contribution >= 0.6 is 0 Å². The number of unbranched alkanes of at least 4 members (excludes halogenated alkanes) is 6. The summed E-state index contributed by atoms with van der Waals surface area (Å²) in [6, 6.07) is 0. The van der Waals surface area contributed by atoms with Gasteiger partial charge in [-0.3, -0.25) is 0 Å². The van der Waals surface area contributed by atoms with Crippen LogP contribution in [0.2, 0.25) is 0 Å². The van der Waals surface area contributed by atoms with Crippen LogP contribution in [0.5, 0.6) is 0 Å². The fraction of sp³-hybridized carbons (Fsp3) is 1.00. The molecule has 0 aromatic carbocycles. The van der Waals surface area contributed by atoms with Gasteiger partial charge in [-0.25, -0.2) is 0 Å². The SMILES string of the molecule is CCCCOCC(COCCCC)(COCCCC)COCC(COCCCC)(COCCCC)COCCCC. The average molecular weight is 591 g/mol. The lowest BCUT2D eigenvalue weighted by Crippen LogP contribution is -2.46. The highest BCUT2D eigenvalue weighted by Gasteiger charge is 2.36. The standard InChI is InChI=1S/C34H70O7/c1-7-13-19-35-25-33(26-36-20-14-8-2,27-37-21-15-9-3)31-41-32-34(28-38-22-16-10-4,29-39-23-17-11-5)30-40-24-18-12-6/h7-32H2,1-6H3. The molecule has 0 aliphatic heterocycles. The summed E-state index contributed by atoms with van der Waals surface area (Å²) in [5, 5.41) is 0. The lowest BCUT2D eigenvalue weighted by molar-refractivity contribution is -0.143. The molecule has 0 amide bonds. The predicted molar refractivity (Wildman–Crippen MR) is 170 cm³/mol. The third kappa shape index (κ3) is 22.9. The van der Waals surface area contributed by atoms with Crippen LogP contribution < -0.4 is 0 Å². The Labute approximate surface area is 255 Å². The molecule has 0 aliphatic carbocycles. The van der Waals surface area contributed by atoms with Crippen molar-refractivity contribution in [3.8, 4) is 0 Å². The summed E-state index contributed by atoms with van der Waals surface area (Å²) >= 11 is 0. The van der Waals surface area contributed by atoms with E-state index in [1.54, 1.807) is 0 Å². The van der Waals surface area contributed by atoms with Gasteiger partial charge < -0.3 is 33.2 Å². The second kappa shape index (κ2) is 29.8. The van der Waals surface area contributed by atoms with E-state index < -0.39 is 0 Å². The van der Waals surface area contributed by atoms with Crippen LogP contribution in [0.4, 0.5) is 0 Å². The molecule has 0 aromatic heterocycles. The molecule has 7 nitrogen and oxygen atoms in total. The van der Waals surface area contributed by atoms with Gasteiger partial charge in [0.2, 0.25) is 0 Å². The van der Waals surface area contributed by atoms with Crippen molar-refractivity contribution in [1.29, 1.82) is 0 Å². The third-order valence-corrected chi connectivity index (χ3v) is 7.12. The first-order valence-corrected chi connectivity index (χ1v) is 17.1. The van der Waals surface area contributed by atoms with Gasteiger partial charge in [-0.2, -0.15) is 0 Å². The van der Waals surface area contributed by atoms with Gasteiger partial charge in [0.15, 0.2) is 0 Å². The van der Waals surface area contributed by atoms with Gasteiger partial charge in [-0.1, -0.05) is 80.1 Å². The Hall–Kier alpha value is -0.280. The lowest BCUT2D eigenvalue weighted by atomic mass is 9.90. The van der Waals surface area contributed by atoms with E-state index in [1.165, 1.54) is 0 Å². The van der Waals surface area contributed by atoms with Gasteiger partial charge in [0.25, 0.3) is 0 Å². The van der Waals surface area contributed by atoms with Gasteiger partial charge in [-0.05, 0) is 38.5 Å². The molecule has 248 valence electrons. The minimum Gasteiger partial charge on any atom is -0.381 e. The molecule has 0 N–H and O–H groups in total. The molecule has 0 spiro atoms. The van der Waals surface area contributed by atoms with Gasteiger partial charge in [-0.15, -0.1) is 0 Å². The average Bonchev–Trinajstić information content (AvgIpc) is 2.98. The van der Waals surface area contributed by atoms with Gasteiger partial charge in [0.05, 0.1) is 63.7 Å². The first-order valence-electron chi connectivity index (χ1n) is 17.1. The van der Waals surface area contributed by atoms with Crippen LogP contribution in [0, 0.1) is 10.8 Å². The maximum atomic E-state index is 6.63. The Morgan fingerprint density at radius 2 is 0.439 bits per heavy atom. The summed E-state index contributed by atoms with van der Waals surface area (Å²) in [7, 11) is 0. The Morgan fingerprint density at radius 3 is 0.610 bits per heavy atom. The molecule has 0 aromatic rings. The highest BCUT2D eigenvalue weighted by atomic mass is 16.5. The van der Waals surface area contributed by atoms with E-state index in [0.717, 1.165) is 117 Å². The van der Waals surface area contributed by atoms with Crippen LogP contribution in [-0.4, -0.2) is 92.5 Å². The minimum atomic E-state index is -0.365. The molecule has 0 fully saturated rings. The molecule has 0 unspecified atom stereocenters. The van der Waals surface area contributed by atoms with Crippen LogP contribution in [0.3, 0.4) is 0 Å². The third-order valence-electron chi connectivity index (χ3n) is 7.12. The Kier molecular flexibility index (Phi) is 29.6. The Balaban J connectivity index is 5.70. The predicted octanol–water partition coefficient (Wildman–Crippen LogP) is 7.88. The lowest BCUT2D eigenvalue weighted by Gasteiger charge is -2.37. The molecule has 0 radical (unpaired) electrons. The molecular formula is C34H70O7. The van der Waals surface area contributed by atoms with Crippen molar-refractivity contribution < 1.29 is 33.2 Å². The van der Waals surface area contributed by atoms with Crippen LogP contribution in [0.1, 0.15) is 119 Å². The van der Waals surface area contributed by atoms with Gasteiger partial charge >= 0.3 is 0 Å². The molecule has 41 heavy (non-hydrogen) atoms. The summed E-state index contributed by atoms with van der Waals surface area (Å²) in [5.74, 6) is 0. The van der Waals surface area contributed by atoms with Crippen molar-refractivity contribution in [3.63, 3.8) is 0 Å². The van der Waals surface area contributed by atoms with E-state index in [4.69, 9.17) is 33.2 Å². The molecule has 0 aliphatic rings. The summed E-state index contributed by atoms with van der Waals surface area (Å²) in [6.07, 6.45) is 13.0. The zero-order valence-electron chi connectivity index (χ0n) is 28.2. The van der Waals surface area contributed by atoms with Crippen molar-refractivity contribution in [2.24, 2.45) is 10.8 Å². The van der Waals surface area contributed by atoms with Gasteiger partial charge in [0.1, 0.15) is 0 Å². The van der Waals surface area contributed by atoms with Crippen molar-refractivity contribution in [2.45, 2.75) is 119 Å². The molecular weight excluding hydrogens is 520 g/mol. The van der Waals surface area contributed by atoms with Crippen LogP contribution in [0.25, 0.3) is 0 Å². The topological polar surface area (TPSA) is 64.6 Å². The van der Waals surface area contributed by atoms with E-state index >= 15 is 0 Å². The van der Waals surface area contributed by atoms with E-state index in [0.29, 0.717) is 52.9 Å². The second-order valence-corrected chi connectivity index (χ2v) is 11.9. The first kappa shape index (κ1) is 40.7. The van der Waals surface area contributed by atoms with Crippen LogP contribution in [0.15, 0.2) is 0 Å². The van der Waals surface area contributed by atoms with Gasteiger partial charge in [0, 0.05) is 39.6 Å². The quantitative estimate of drug-likeness (QED) is 0.0707. The number of hydrogen-bond acceptors (Lipinski definition) is 7. The first-order chi connectivity index (χ1) is 20.1. The number of ether oxygens (including phenoxy) is 7. The normalized spacial score (nSPS) is 12.4. The maximum Gasteiger partial charge on any atom is 0.0637 e. The van der Waals surface area contributed by atoms with E-state index in [9.17, 15) is 0 Å². The molecule has 0 bridgehead atoms. The minimum absolute atomic E-state index is 0.365. The largest absolute Gasteiger partial charge is 0.381 e. The Bertz CT molecular complexity index is 411. The monoisotopic (exact) mass is 591 g/mol. The van der Waals surface area contributed by atoms with Crippen LogP contribution in [-0.2, 0) is 33.2 Å². The number of hydrogen-bond donors (Lipinski definition) is 0. The van der Waals surface area contributed by atoms with E-state index in [-0.39, 0.29) is 10.8 Å². The summed E-state index contributed by atoms with van der Waals surface area (Å²) in [5.41, 5.74) is -0.730. The molecule has 0 saturated carbocycles. The molecule has 7 heteroatoms. The molecule has 0 saturated heterocycles. The molecule has 0 rings (SSSR count). The van der Waals surface area contributed by atoms with E-state index in [2.05, 4.69) is 41.5 Å². The highest BCUT2D eigenvalue weighted by molar-refractivity contribution is 4.83. The Morgan fingerprint density at radius 1 is 0.268 bits per heavy atom. The maximum absolute atomic E-state index is 6.63. The second-order valence-electron chi connectivity index (χ2n) is 11.9. The van der Waals surface area contributed by atoms with Crippen molar-refractivity contribution in [3.05, 3.63) is 0 Å². The zero-order chi connectivity index (χ0) is 30.3. The summed E-state index contributed by atoms with van der Waals surface area (Å²) in [4.78, 5) is 0. The summed E-state index contributed by atoms with van der Waals surface area (Å²) < 4.78 is 43.8. The fourth-order valence-corrected chi connectivity index (χ4v) is 4.19. The fourth-order valence-electron chi connectivity index (χ4n) is 4.19. The smallest absolute Gasteiger partial charge is 0.0637 e. The highest BCUT2D eigenvalue weighted by Crippen LogP contribution is 2.26. The van der Waals surface area contributed by atoms with E-state index in [1.807, 2.05) is 0 Å². The molecule has 0 heterocycles. The number of rotatable bonds is 34. The molecule has 0 atom stereocenters. The van der Waals surface area contributed by atoms with Crippen molar-refractivity contribution in [1.82, 2.24) is 0 Å². The van der Waals surface area contributed by atoms with Crippen molar-refractivity contribution >= 4 is 0 Å². The van der Waals surface area contributed by atoms with Crippen molar-refractivity contribution in [2.75, 3.05) is 92.5 Å².